The largest absolute Gasteiger partial charge is 0.478 e. The van der Waals surface area contributed by atoms with Crippen LogP contribution in [0.1, 0.15) is 39.2 Å². The van der Waals surface area contributed by atoms with E-state index >= 15 is 0 Å². The van der Waals surface area contributed by atoms with Gasteiger partial charge in [-0.3, -0.25) is 0 Å². The Morgan fingerprint density at radius 1 is 1.24 bits per heavy atom. The van der Waals surface area contributed by atoms with Crippen LogP contribution in [-0.2, 0) is 12.8 Å². The van der Waals surface area contributed by atoms with Gasteiger partial charge in [0.2, 0.25) is 0 Å². The fourth-order valence-corrected chi connectivity index (χ4v) is 3.70. The van der Waals surface area contributed by atoms with E-state index in [1.165, 1.54) is 17.3 Å². The Labute approximate surface area is 128 Å². The molecule has 0 fully saturated rings. The zero-order valence-corrected chi connectivity index (χ0v) is 13.0. The molecule has 1 N–H and O–H groups in total. The van der Waals surface area contributed by atoms with E-state index in [0.717, 1.165) is 41.0 Å². The molecule has 0 radical (unpaired) electrons. The highest BCUT2D eigenvalue weighted by molar-refractivity contribution is 7.99. The second kappa shape index (κ2) is 5.53. The average molecular weight is 299 g/mol. The number of nitrogens with zero attached hydrogens (tertiary/aromatic N) is 1. The molecular weight excluding hydrogens is 282 g/mol. The molecule has 1 aromatic carbocycles. The highest BCUT2D eigenvalue weighted by atomic mass is 32.2. The molecule has 0 saturated heterocycles. The molecule has 0 saturated carbocycles. The van der Waals surface area contributed by atoms with Gasteiger partial charge in [0, 0.05) is 10.6 Å². The number of aromatic carboxylic acids is 1. The third kappa shape index (κ3) is 2.81. The van der Waals surface area contributed by atoms with Crippen LogP contribution in [0.25, 0.3) is 0 Å². The lowest BCUT2D eigenvalue weighted by Gasteiger charge is -2.10. The summed E-state index contributed by atoms with van der Waals surface area (Å²) >= 11 is 1.46. The van der Waals surface area contributed by atoms with E-state index in [9.17, 15) is 9.90 Å². The predicted octanol–water partition coefficient (Wildman–Crippen LogP) is 4.04. The monoisotopic (exact) mass is 299 g/mol. The molecule has 0 aliphatic heterocycles. The summed E-state index contributed by atoms with van der Waals surface area (Å²) < 4.78 is 0. The van der Waals surface area contributed by atoms with Crippen molar-refractivity contribution in [2.75, 3.05) is 0 Å². The Morgan fingerprint density at radius 3 is 2.81 bits per heavy atom. The van der Waals surface area contributed by atoms with Crippen LogP contribution in [0.2, 0.25) is 0 Å². The first kappa shape index (κ1) is 14.1. The molecule has 1 aliphatic rings. The predicted molar refractivity (Wildman–Crippen MR) is 83.3 cm³/mol. The number of carboxylic acids is 1. The molecule has 0 bridgehead atoms. The number of aryl methyl sites for hydroxylation is 4. The molecule has 1 aliphatic carbocycles. The molecule has 0 unspecified atom stereocenters. The maximum Gasteiger partial charge on any atom is 0.338 e. The lowest BCUT2D eigenvalue weighted by atomic mass is 10.1. The summed E-state index contributed by atoms with van der Waals surface area (Å²) in [4.78, 5) is 17.2. The number of carbonyl (C=O) groups is 1. The van der Waals surface area contributed by atoms with Gasteiger partial charge in [0.05, 0.1) is 5.56 Å². The molecule has 3 nitrogen and oxygen atoms in total. The molecule has 4 heteroatoms. The van der Waals surface area contributed by atoms with Crippen molar-refractivity contribution in [2.24, 2.45) is 0 Å². The number of hydrogen-bond acceptors (Lipinski definition) is 3. The van der Waals surface area contributed by atoms with Crippen LogP contribution in [0.4, 0.5) is 0 Å². The van der Waals surface area contributed by atoms with E-state index in [2.05, 4.69) is 23.2 Å². The maximum absolute atomic E-state index is 11.5. The summed E-state index contributed by atoms with van der Waals surface area (Å²) in [7, 11) is 0. The van der Waals surface area contributed by atoms with Crippen molar-refractivity contribution in [3.8, 4) is 0 Å². The van der Waals surface area contributed by atoms with Crippen LogP contribution in [0.5, 0.6) is 0 Å². The zero-order chi connectivity index (χ0) is 15.0. The lowest BCUT2D eigenvalue weighted by Crippen LogP contribution is -2.04. The molecule has 1 heterocycles. The van der Waals surface area contributed by atoms with Crippen LogP contribution in [0.3, 0.4) is 0 Å². The average Bonchev–Trinajstić information content (AvgIpc) is 2.89. The minimum atomic E-state index is -0.898. The zero-order valence-electron chi connectivity index (χ0n) is 12.1. The summed E-state index contributed by atoms with van der Waals surface area (Å²) in [6, 6.07) is 8.02. The summed E-state index contributed by atoms with van der Waals surface area (Å²) in [6.45, 7) is 4.08. The molecule has 21 heavy (non-hydrogen) atoms. The van der Waals surface area contributed by atoms with Crippen LogP contribution in [0.15, 0.2) is 34.2 Å². The first-order chi connectivity index (χ1) is 10.0. The number of pyridine rings is 1. The molecule has 3 rings (SSSR count). The summed E-state index contributed by atoms with van der Waals surface area (Å²) in [5.74, 6) is -0.898. The topological polar surface area (TPSA) is 50.2 Å². The van der Waals surface area contributed by atoms with Gasteiger partial charge in [0.1, 0.15) is 5.03 Å². The van der Waals surface area contributed by atoms with Gasteiger partial charge in [-0.15, -0.1) is 0 Å². The van der Waals surface area contributed by atoms with Crippen molar-refractivity contribution >= 4 is 17.7 Å². The fraction of sp³-hybridized carbons (Fsp3) is 0.294. The van der Waals surface area contributed by atoms with E-state index in [-0.39, 0.29) is 0 Å². The van der Waals surface area contributed by atoms with E-state index in [1.54, 1.807) is 0 Å². The molecular formula is C17H17NO2S. The fourth-order valence-electron chi connectivity index (χ4n) is 2.61. The maximum atomic E-state index is 11.5. The Balaban J connectivity index is 2.05. The van der Waals surface area contributed by atoms with Crippen molar-refractivity contribution in [1.82, 2.24) is 4.98 Å². The minimum Gasteiger partial charge on any atom is -0.478 e. The molecule has 0 spiro atoms. The quantitative estimate of drug-likeness (QED) is 0.929. The van der Waals surface area contributed by atoms with E-state index in [1.807, 2.05) is 19.9 Å². The van der Waals surface area contributed by atoms with Crippen molar-refractivity contribution < 1.29 is 9.90 Å². The van der Waals surface area contributed by atoms with Gasteiger partial charge in [0.25, 0.3) is 0 Å². The number of fused-ring (bicyclic) bond motifs is 1. The van der Waals surface area contributed by atoms with Gasteiger partial charge in [0.15, 0.2) is 0 Å². The first-order valence-corrected chi connectivity index (χ1v) is 7.87. The minimum absolute atomic E-state index is 0.321. The summed E-state index contributed by atoms with van der Waals surface area (Å²) in [5.41, 5.74) is 4.79. The van der Waals surface area contributed by atoms with Crippen LogP contribution in [-0.4, -0.2) is 16.1 Å². The number of rotatable bonds is 3. The second-order valence-corrected chi connectivity index (χ2v) is 6.51. The highest BCUT2D eigenvalue weighted by Gasteiger charge is 2.20. The Kier molecular flexibility index (Phi) is 3.72. The van der Waals surface area contributed by atoms with Crippen molar-refractivity contribution in [1.29, 1.82) is 0 Å². The van der Waals surface area contributed by atoms with E-state index in [4.69, 9.17) is 0 Å². The van der Waals surface area contributed by atoms with Crippen molar-refractivity contribution in [3.05, 3.63) is 52.2 Å². The molecule has 0 atom stereocenters. The Bertz CT molecular complexity index is 725. The molecule has 2 aromatic rings. The van der Waals surface area contributed by atoms with Crippen LogP contribution >= 0.6 is 11.8 Å². The van der Waals surface area contributed by atoms with Crippen LogP contribution in [0, 0.1) is 13.8 Å². The number of hydrogen-bond donors (Lipinski definition) is 1. The summed E-state index contributed by atoms with van der Waals surface area (Å²) in [6.07, 6.45) is 2.96. The van der Waals surface area contributed by atoms with Gasteiger partial charge in [-0.2, -0.15) is 0 Å². The molecule has 1 aromatic heterocycles. The third-order valence-electron chi connectivity index (χ3n) is 3.80. The third-order valence-corrected chi connectivity index (χ3v) is 4.96. The van der Waals surface area contributed by atoms with Gasteiger partial charge < -0.3 is 5.11 Å². The number of carboxylic acid groups (broad SMARTS) is 1. The Morgan fingerprint density at radius 2 is 2.05 bits per heavy atom. The normalized spacial score (nSPS) is 13.2. The summed E-state index contributed by atoms with van der Waals surface area (Å²) in [5, 5.41) is 10.1. The second-order valence-electron chi connectivity index (χ2n) is 5.48. The van der Waals surface area contributed by atoms with Crippen molar-refractivity contribution in [2.45, 2.75) is 43.0 Å². The smallest absolute Gasteiger partial charge is 0.338 e. The lowest BCUT2D eigenvalue weighted by molar-refractivity contribution is 0.0692. The molecule has 108 valence electrons. The van der Waals surface area contributed by atoms with Gasteiger partial charge in [-0.25, -0.2) is 9.78 Å². The SMILES string of the molecule is Cc1ccc(C)c(Sc2nc3c(cc2C(=O)O)CCC3)c1. The van der Waals surface area contributed by atoms with E-state index in [0.29, 0.717) is 10.6 Å². The Hall–Kier alpha value is -1.81. The van der Waals surface area contributed by atoms with Gasteiger partial charge in [-0.05, 0) is 61.9 Å². The van der Waals surface area contributed by atoms with Gasteiger partial charge >= 0.3 is 5.97 Å². The molecule has 0 amide bonds. The standard InChI is InChI=1S/C17H17NO2S/c1-10-6-7-11(2)15(8-10)21-16-13(17(19)20)9-12-4-3-5-14(12)18-16/h6-9H,3-5H2,1-2H3,(H,19,20). The highest BCUT2D eigenvalue weighted by Crippen LogP contribution is 2.34. The first-order valence-electron chi connectivity index (χ1n) is 7.06. The number of benzene rings is 1. The van der Waals surface area contributed by atoms with E-state index < -0.39 is 5.97 Å². The van der Waals surface area contributed by atoms with Crippen LogP contribution < -0.4 is 0 Å². The van der Waals surface area contributed by atoms with Gasteiger partial charge in [-0.1, -0.05) is 23.9 Å². The van der Waals surface area contributed by atoms with Crippen molar-refractivity contribution in [3.63, 3.8) is 0 Å². The number of aromatic nitrogens is 1.